The molecule has 1 aromatic heterocycles. The van der Waals surface area contributed by atoms with Gasteiger partial charge in [-0.05, 0) is 43.2 Å². The first kappa shape index (κ1) is 14.7. The smallest absolute Gasteiger partial charge is 0.262 e. The zero-order valence-corrected chi connectivity index (χ0v) is 12.1. The summed E-state index contributed by atoms with van der Waals surface area (Å²) in [5, 5.41) is 4.62. The maximum Gasteiger partial charge on any atom is 0.262 e. The van der Waals surface area contributed by atoms with Gasteiger partial charge in [-0.3, -0.25) is 9.59 Å². The van der Waals surface area contributed by atoms with Gasteiger partial charge >= 0.3 is 0 Å². The number of rotatable bonds is 5. The number of carbonyl (C=O) groups is 2. The molecule has 3 N–H and O–H groups in total. The Morgan fingerprint density at radius 3 is 2.50 bits per heavy atom. The molecule has 0 spiro atoms. The summed E-state index contributed by atoms with van der Waals surface area (Å²) in [6.07, 6.45) is 0.526. The maximum atomic E-state index is 12.1. The molecule has 0 aliphatic carbocycles. The van der Waals surface area contributed by atoms with E-state index in [1.165, 1.54) is 11.3 Å². The van der Waals surface area contributed by atoms with Crippen LogP contribution >= 0.6 is 11.3 Å². The van der Waals surface area contributed by atoms with E-state index < -0.39 is 11.4 Å². The minimum absolute atomic E-state index is 0.232. The monoisotopic (exact) mass is 268 g/mol. The normalized spacial score (nSPS) is 14.3. The predicted octanol–water partition coefficient (Wildman–Crippen LogP) is 2.08. The summed E-state index contributed by atoms with van der Waals surface area (Å²) in [6, 6.07) is 1.88. The van der Waals surface area contributed by atoms with E-state index in [0.29, 0.717) is 11.3 Å². The maximum absolute atomic E-state index is 12.1. The third-order valence-electron chi connectivity index (χ3n) is 2.82. The second-order valence-electron chi connectivity index (χ2n) is 5.18. The minimum Gasteiger partial charge on any atom is -0.368 e. The van der Waals surface area contributed by atoms with Crippen molar-refractivity contribution in [3.05, 3.63) is 21.9 Å². The first-order valence-electron chi connectivity index (χ1n) is 5.93. The Morgan fingerprint density at radius 2 is 2.11 bits per heavy atom. The molecule has 0 fully saturated rings. The zero-order valence-electron chi connectivity index (χ0n) is 11.2. The highest BCUT2D eigenvalue weighted by atomic mass is 32.1. The number of nitrogens with two attached hydrogens (primary N) is 1. The van der Waals surface area contributed by atoms with E-state index in [9.17, 15) is 9.59 Å². The summed E-state index contributed by atoms with van der Waals surface area (Å²) in [5.74, 6) is -0.463. The van der Waals surface area contributed by atoms with Crippen molar-refractivity contribution in [1.82, 2.24) is 5.32 Å². The van der Waals surface area contributed by atoms with E-state index in [1.807, 2.05) is 32.2 Å². The molecule has 1 aromatic rings. The van der Waals surface area contributed by atoms with Gasteiger partial charge in [-0.25, -0.2) is 0 Å². The lowest BCUT2D eigenvalue weighted by atomic mass is 9.90. The molecule has 0 bridgehead atoms. The second-order valence-corrected chi connectivity index (χ2v) is 6.10. The largest absolute Gasteiger partial charge is 0.368 e. The molecule has 0 saturated heterocycles. The Kier molecular flexibility index (Phi) is 4.51. The van der Waals surface area contributed by atoms with Crippen molar-refractivity contribution in [3.8, 4) is 0 Å². The summed E-state index contributed by atoms with van der Waals surface area (Å²) >= 11 is 1.36. The Balaban J connectivity index is 2.89. The van der Waals surface area contributed by atoms with Gasteiger partial charge in [-0.2, -0.15) is 0 Å². The van der Waals surface area contributed by atoms with E-state index in [2.05, 4.69) is 5.32 Å². The van der Waals surface area contributed by atoms with Crippen LogP contribution in [0.2, 0.25) is 0 Å². The average molecular weight is 268 g/mol. The first-order valence-corrected chi connectivity index (χ1v) is 6.80. The molecule has 100 valence electrons. The van der Waals surface area contributed by atoms with Gasteiger partial charge in [-0.1, -0.05) is 13.8 Å². The van der Waals surface area contributed by atoms with Gasteiger partial charge in [-0.15, -0.1) is 11.3 Å². The SMILES string of the molecule is Cc1ccsc1C(=O)NC(C)(CC(C)C)C(N)=O. The molecule has 0 saturated carbocycles. The lowest BCUT2D eigenvalue weighted by Gasteiger charge is -2.29. The number of primary amides is 1. The zero-order chi connectivity index (χ0) is 13.9. The summed E-state index contributed by atoms with van der Waals surface area (Å²) in [7, 11) is 0. The standard InChI is InChI=1S/C13H20N2O2S/c1-8(2)7-13(4,12(14)17)15-11(16)10-9(3)5-6-18-10/h5-6,8H,7H2,1-4H3,(H2,14,17)(H,15,16). The molecule has 1 heterocycles. The van der Waals surface area contributed by atoms with E-state index in [4.69, 9.17) is 5.73 Å². The highest BCUT2D eigenvalue weighted by Gasteiger charge is 2.34. The van der Waals surface area contributed by atoms with Crippen molar-refractivity contribution >= 4 is 23.2 Å². The van der Waals surface area contributed by atoms with Crippen LogP contribution in [0.1, 0.15) is 42.4 Å². The topological polar surface area (TPSA) is 72.2 Å². The number of aryl methyl sites for hydroxylation is 1. The third-order valence-corrected chi connectivity index (χ3v) is 3.83. The van der Waals surface area contributed by atoms with Crippen LogP contribution in [-0.4, -0.2) is 17.4 Å². The van der Waals surface area contributed by atoms with Gasteiger partial charge in [0.2, 0.25) is 5.91 Å². The van der Waals surface area contributed by atoms with E-state index >= 15 is 0 Å². The van der Waals surface area contributed by atoms with Crippen molar-refractivity contribution < 1.29 is 9.59 Å². The lowest BCUT2D eigenvalue weighted by molar-refractivity contribution is -0.124. The number of nitrogens with one attached hydrogen (secondary N) is 1. The average Bonchev–Trinajstić information content (AvgIpc) is 2.62. The summed E-state index contributed by atoms with van der Waals surface area (Å²) < 4.78 is 0. The molecule has 0 aliphatic heterocycles. The minimum atomic E-state index is -0.998. The summed E-state index contributed by atoms with van der Waals surface area (Å²) in [5.41, 5.74) is 5.32. The number of hydrogen-bond acceptors (Lipinski definition) is 3. The fourth-order valence-electron chi connectivity index (χ4n) is 1.94. The molecule has 1 rings (SSSR count). The fraction of sp³-hybridized carbons (Fsp3) is 0.538. The van der Waals surface area contributed by atoms with Crippen molar-refractivity contribution in [1.29, 1.82) is 0 Å². The Bertz CT molecular complexity index is 454. The predicted molar refractivity (Wildman–Crippen MR) is 73.6 cm³/mol. The summed E-state index contributed by atoms with van der Waals surface area (Å²) in [4.78, 5) is 24.3. The first-order chi connectivity index (χ1) is 8.26. The van der Waals surface area contributed by atoms with E-state index in [1.54, 1.807) is 6.92 Å². The van der Waals surface area contributed by atoms with Crippen LogP contribution < -0.4 is 11.1 Å². The molecule has 0 radical (unpaired) electrons. The molecule has 0 aromatic carbocycles. The van der Waals surface area contributed by atoms with Crippen LogP contribution in [-0.2, 0) is 4.79 Å². The second kappa shape index (κ2) is 5.52. The number of hydrogen-bond donors (Lipinski definition) is 2. The van der Waals surface area contributed by atoms with Crippen LogP contribution in [0.3, 0.4) is 0 Å². The Hall–Kier alpha value is -1.36. The molecular formula is C13H20N2O2S. The highest BCUT2D eigenvalue weighted by molar-refractivity contribution is 7.12. The molecule has 18 heavy (non-hydrogen) atoms. The quantitative estimate of drug-likeness (QED) is 0.858. The van der Waals surface area contributed by atoms with Crippen molar-refractivity contribution in [3.63, 3.8) is 0 Å². The summed E-state index contributed by atoms with van der Waals surface area (Å²) in [6.45, 7) is 7.53. The van der Waals surface area contributed by atoms with Gasteiger partial charge in [0.1, 0.15) is 5.54 Å². The molecular weight excluding hydrogens is 248 g/mol. The van der Waals surface area contributed by atoms with Gasteiger partial charge < -0.3 is 11.1 Å². The molecule has 0 aliphatic rings. The van der Waals surface area contributed by atoms with Crippen molar-refractivity contribution in [2.75, 3.05) is 0 Å². The number of amides is 2. The highest BCUT2D eigenvalue weighted by Crippen LogP contribution is 2.20. The fourth-order valence-corrected chi connectivity index (χ4v) is 2.76. The van der Waals surface area contributed by atoms with Crippen LogP contribution in [0.15, 0.2) is 11.4 Å². The van der Waals surface area contributed by atoms with Crippen LogP contribution in [0.5, 0.6) is 0 Å². The molecule has 5 heteroatoms. The Morgan fingerprint density at radius 1 is 1.50 bits per heavy atom. The molecule has 1 atom stereocenters. The lowest BCUT2D eigenvalue weighted by Crippen LogP contribution is -2.56. The van der Waals surface area contributed by atoms with Gasteiger partial charge in [0.05, 0.1) is 4.88 Å². The number of carbonyl (C=O) groups excluding carboxylic acids is 2. The van der Waals surface area contributed by atoms with Crippen LogP contribution in [0.4, 0.5) is 0 Å². The molecule has 1 unspecified atom stereocenters. The van der Waals surface area contributed by atoms with Gasteiger partial charge in [0.25, 0.3) is 5.91 Å². The van der Waals surface area contributed by atoms with E-state index in [-0.39, 0.29) is 11.8 Å². The van der Waals surface area contributed by atoms with Crippen molar-refractivity contribution in [2.45, 2.75) is 39.7 Å². The van der Waals surface area contributed by atoms with Crippen molar-refractivity contribution in [2.24, 2.45) is 11.7 Å². The number of thiophene rings is 1. The van der Waals surface area contributed by atoms with E-state index in [0.717, 1.165) is 5.56 Å². The van der Waals surface area contributed by atoms with Crippen LogP contribution in [0.25, 0.3) is 0 Å². The Labute approximate surface area is 112 Å². The molecule has 2 amide bonds. The van der Waals surface area contributed by atoms with Gasteiger partial charge in [0.15, 0.2) is 0 Å². The molecule has 4 nitrogen and oxygen atoms in total. The van der Waals surface area contributed by atoms with Crippen LogP contribution in [0, 0.1) is 12.8 Å². The third kappa shape index (κ3) is 3.32. The van der Waals surface area contributed by atoms with Gasteiger partial charge in [0, 0.05) is 0 Å².